The molecule has 0 radical (unpaired) electrons. The van der Waals surface area contributed by atoms with Crippen LogP contribution in [0.25, 0.3) is 0 Å². The molecule has 2 aromatic rings. The van der Waals surface area contributed by atoms with E-state index in [0.29, 0.717) is 13.0 Å². The Balaban J connectivity index is 1.52. The van der Waals surface area contributed by atoms with Gasteiger partial charge in [-0.3, -0.25) is 9.59 Å². The summed E-state index contributed by atoms with van der Waals surface area (Å²) in [4.78, 5) is 28.5. The van der Waals surface area contributed by atoms with E-state index in [1.54, 1.807) is 11.1 Å². The van der Waals surface area contributed by atoms with Crippen molar-refractivity contribution < 1.29 is 9.59 Å². The first-order valence-corrected chi connectivity index (χ1v) is 7.50. The minimum atomic E-state index is -0.296. The largest absolute Gasteiger partial charge is 0.360 e. The zero-order valence-electron chi connectivity index (χ0n) is 12.6. The van der Waals surface area contributed by atoms with Crippen LogP contribution in [0.5, 0.6) is 0 Å². The lowest BCUT2D eigenvalue weighted by molar-refractivity contribution is -0.133. The standard InChI is InChI=1S/C17H18N4O2/c22-16(20-19-10-15-7-4-8-18-15)12-21-11-14(9-17(21)23)13-5-2-1-3-6-13/h1-8,10,14,18H,9,11-12H2,(H,20,22)/b19-10-/t14-/m0/s1. The number of hydrazone groups is 1. The van der Waals surface area contributed by atoms with Crippen LogP contribution in [0.3, 0.4) is 0 Å². The summed E-state index contributed by atoms with van der Waals surface area (Å²) in [5.41, 5.74) is 4.37. The Hall–Kier alpha value is -2.89. The molecule has 2 heterocycles. The molecule has 0 spiro atoms. The van der Waals surface area contributed by atoms with Gasteiger partial charge in [0.2, 0.25) is 5.91 Å². The van der Waals surface area contributed by atoms with E-state index in [-0.39, 0.29) is 24.3 Å². The van der Waals surface area contributed by atoms with Crippen molar-refractivity contribution in [3.63, 3.8) is 0 Å². The monoisotopic (exact) mass is 310 g/mol. The molecule has 1 fully saturated rings. The fourth-order valence-corrected chi connectivity index (χ4v) is 2.68. The zero-order chi connectivity index (χ0) is 16.1. The first kappa shape index (κ1) is 15.0. The van der Waals surface area contributed by atoms with Crippen LogP contribution in [0.15, 0.2) is 53.8 Å². The van der Waals surface area contributed by atoms with Crippen molar-refractivity contribution in [3.05, 3.63) is 59.9 Å². The number of aromatic nitrogens is 1. The molecule has 1 atom stereocenters. The Labute approximate surface area is 134 Å². The van der Waals surface area contributed by atoms with E-state index in [1.807, 2.05) is 42.5 Å². The molecule has 6 heteroatoms. The Kier molecular flexibility index (Phi) is 4.52. The van der Waals surface area contributed by atoms with Gasteiger partial charge in [0.05, 0.1) is 11.9 Å². The van der Waals surface area contributed by atoms with E-state index in [9.17, 15) is 9.59 Å². The van der Waals surface area contributed by atoms with E-state index in [0.717, 1.165) is 11.3 Å². The van der Waals surface area contributed by atoms with Gasteiger partial charge in [-0.1, -0.05) is 30.3 Å². The first-order valence-electron chi connectivity index (χ1n) is 7.50. The Morgan fingerprint density at radius 2 is 2.13 bits per heavy atom. The average molecular weight is 310 g/mol. The lowest BCUT2D eigenvalue weighted by Gasteiger charge is -2.15. The van der Waals surface area contributed by atoms with E-state index >= 15 is 0 Å². The summed E-state index contributed by atoms with van der Waals surface area (Å²) >= 11 is 0. The summed E-state index contributed by atoms with van der Waals surface area (Å²) in [6.45, 7) is 0.598. The number of amides is 2. The number of hydrogen-bond acceptors (Lipinski definition) is 3. The first-order chi connectivity index (χ1) is 11.2. The third-order valence-corrected chi connectivity index (χ3v) is 3.83. The van der Waals surface area contributed by atoms with Crippen LogP contribution in [0, 0.1) is 0 Å². The third kappa shape index (κ3) is 3.85. The number of carbonyl (C=O) groups excluding carboxylic acids is 2. The number of benzene rings is 1. The maximum Gasteiger partial charge on any atom is 0.259 e. The van der Waals surface area contributed by atoms with Crippen LogP contribution in [0.1, 0.15) is 23.6 Å². The summed E-state index contributed by atoms with van der Waals surface area (Å²) in [5, 5.41) is 3.86. The highest BCUT2D eigenvalue weighted by Crippen LogP contribution is 2.27. The van der Waals surface area contributed by atoms with Gasteiger partial charge in [-0.05, 0) is 17.7 Å². The van der Waals surface area contributed by atoms with Gasteiger partial charge in [0.1, 0.15) is 6.54 Å². The van der Waals surface area contributed by atoms with Gasteiger partial charge in [-0.2, -0.15) is 5.10 Å². The van der Waals surface area contributed by atoms with Gasteiger partial charge in [0.15, 0.2) is 0 Å². The summed E-state index contributed by atoms with van der Waals surface area (Å²) in [5.74, 6) is -0.142. The number of hydrogen-bond donors (Lipinski definition) is 2. The second-order valence-electron chi connectivity index (χ2n) is 5.50. The highest BCUT2D eigenvalue weighted by atomic mass is 16.2. The van der Waals surface area contributed by atoms with Gasteiger partial charge < -0.3 is 9.88 Å². The van der Waals surface area contributed by atoms with Crippen LogP contribution >= 0.6 is 0 Å². The third-order valence-electron chi connectivity index (χ3n) is 3.83. The molecule has 118 valence electrons. The SMILES string of the molecule is O=C(CN1C[C@@H](c2ccccc2)CC1=O)N/N=C\c1ccc[nH]1. The molecule has 2 amide bonds. The predicted octanol–water partition coefficient (Wildman–Crippen LogP) is 1.48. The molecular weight excluding hydrogens is 292 g/mol. The lowest BCUT2D eigenvalue weighted by atomic mass is 9.99. The molecule has 1 aliphatic heterocycles. The number of carbonyl (C=O) groups is 2. The highest BCUT2D eigenvalue weighted by molar-refractivity contribution is 5.87. The van der Waals surface area contributed by atoms with Crippen LogP contribution in [0.2, 0.25) is 0 Å². The quantitative estimate of drug-likeness (QED) is 0.648. The van der Waals surface area contributed by atoms with E-state index < -0.39 is 0 Å². The van der Waals surface area contributed by atoms with Gasteiger partial charge >= 0.3 is 0 Å². The van der Waals surface area contributed by atoms with Gasteiger partial charge in [-0.15, -0.1) is 0 Å². The fourth-order valence-electron chi connectivity index (χ4n) is 2.68. The average Bonchev–Trinajstić information content (AvgIpc) is 3.19. The second-order valence-corrected chi connectivity index (χ2v) is 5.50. The molecule has 23 heavy (non-hydrogen) atoms. The summed E-state index contributed by atoms with van der Waals surface area (Å²) in [6, 6.07) is 13.6. The lowest BCUT2D eigenvalue weighted by Crippen LogP contribution is -2.36. The number of likely N-dealkylation sites (tertiary alicyclic amines) is 1. The molecular formula is C17H18N4O2. The van der Waals surface area contributed by atoms with Crippen LogP contribution in [-0.2, 0) is 9.59 Å². The maximum absolute atomic E-state index is 12.1. The number of nitrogens with zero attached hydrogens (tertiary/aromatic N) is 2. The van der Waals surface area contributed by atoms with Crippen LogP contribution in [-0.4, -0.2) is 41.0 Å². The summed E-state index contributed by atoms with van der Waals surface area (Å²) < 4.78 is 0. The van der Waals surface area contributed by atoms with Crippen molar-refractivity contribution in [2.45, 2.75) is 12.3 Å². The molecule has 1 aliphatic rings. The minimum Gasteiger partial charge on any atom is -0.360 e. The number of aromatic amines is 1. The van der Waals surface area contributed by atoms with Crippen molar-refractivity contribution in [3.8, 4) is 0 Å². The van der Waals surface area contributed by atoms with E-state index in [4.69, 9.17) is 0 Å². The normalized spacial score (nSPS) is 17.8. The van der Waals surface area contributed by atoms with Crippen molar-refractivity contribution in [1.29, 1.82) is 0 Å². The topological polar surface area (TPSA) is 77.6 Å². The molecule has 0 unspecified atom stereocenters. The Bertz CT molecular complexity index is 695. The Morgan fingerprint density at radius 1 is 1.30 bits per heavy atom. The fraction of sp³-hybridized carbons (Fsp3) is 0.235. The number of rotatable bonds is 5. The van der Waals surface area contributed by atoms with Gasteiger partial charge in [0.25, 0.3) is 5.91 Å². The van der Waals surface area contributed by atoms with Crippen molar-refractivity contribution >= 4 is 18.0 Å². The van der Waals surface area contributed by atoms with Crippen LogP contribution in [0.4, 0.5) is 0 Å². The smallest absolute Gasteiger partial charge is 0.259 e. The maximum atomic E-state index is 12.1. The molecule has 6 nitrogen and oxygen atoms in total. The van der Waals surface area contributed by atoms with E-state index in [1.165, 1.54) is 6.21 Å². The molecule has 1 aromatic heterocycles. The molecule has 1 aromatic carbocycles. The van der Waals surface area contributed by atoms with Crippen LogP contribution < -0.4 is 5.43 Å². The molecule has 0 aliphatic carbocycles. The molecule has 0 saturated carbocycles. The predicted molar refractivity (Wildman–Crippen MR) is 86.9 cm³/mol. The van der Waals surface area contributed by atoms with Crippen molar-refractivity contribution in [2.24, 2.45) is 5.10 Å². The molecule has 2 N–H and O–H groups in total. The number of nitrogens with one attached hydrogen (secondary N) is 2. The highest BCUT2D eigenvalue weighted by Gasteiger charge is 2.31. The zero-order valence-corrected chi connectivity index (χ0v) is 12.6. The second kappa shape index (κ2) is 6.91. The van der Waals surface area contributed by atoms with Crippen molar-refractivity contribution in [1.82, 2.24) is 15.3 Å². The van der Waals surface area contributed by atoms with E-state index in [2.05, 4.69) is 15.5 Å². The number of H-pyrrole nitrogens is 1. The summed E-state index contributed by atoms with van der Waals surface area (Å²) in [7, 11) is 0. The van der Waals surface area contributed by atoms with Gasteiger partial charge in [-0.25, -0.2) is 5.43 Å². The van der Waals surface area contributed by atoms with Gasteiger partial charge in [0, 0.05) is 25.1 Å². The molecule has 0 bridgehead atoms. The molecule has 3 rings (SSSR count). The van der Waals surface area contributed by atoms with Crippen molar-refractivity contribution in [2.75, 3.05) is 13.1 Å². The minimum absolute atomic E-state index is 0.00218. The summed E-state index contributed by atoms with van der Waals surface area (Å²) in [6.07, 6.45) is 3.75. The molecule has 1 saturated heterocycles. The Morgan fingerprint density at radius 3 is 2.87 bits per heavy atom.